The van der Waals surface area contributed by atoms with E-state index in [2.05, 4.69) is 5.32 Å². The smallest absolute Gasteiger partial charge is 0.229 e. The van der Waals surface area contributed by atoms with E-state index in [-0.39, 0.29) is 24.2 Å². The summed E-state index contributed by atoms with van der Waals surface area (Å²) in [4.78, 5) is 26.8. The molecule has 26 heavy (non-hydrogen) atoms. The van der Waals surface area contributed by atoms with Gasteiger partial charge in [-0.2, -0.15) is 0 Å². The zero-order valence-electron chi connectivity index (χ0n) is 15.6. The van der Waals surface area contributed by atoms with Crippen molar-refractivity contribution in [2.24, 2.45) is 5.92 Å². The van der Waals surface area contributed by atoms with Crippen LogP contribution in [-0.4, -0.2) is 25.5 Å². The minimum Gasteiger partial charge on any atom is -0.497 e. The minimum atomic E-state index is -0.367. The van der Waals surface area contributed by atoms with Crippen LogP contribution in [0, 0.1) is 26.7 Å². The zero-order chi connectivity index (χ0) is 18.8. The highest BCUT2D eigenvalue weighted by atomic mass is 16.5. The minimum absolute atomic E-state index is 0.0456. The van der Waals surface area contributed by atoms with Crippen LogP contribution in [0.5, 0.6) is 5.75 Å². The molecule has 1 N–H and O–H groups in total. The topological polar surface area (TPSA) is 58.6 Å². The van der Waals surface area contributed by atoms with Gasteiger partial charge in [-0.3, -0.25) is 9.59 Å². The number of nitrogens with zero attached hydrogens (tertiary/aromatic N) is 1. The molecule has 136 valence electrons. The van der Waals surface area contributed by atoms with E-state index < -0.39 is 0 Å². The van der Waals surface area contributed by atoms with Crippen LogP contribution in [0.25, 0.3) is 0 Å². The van der Waals surface area contributed by atoms with Crippen molar-refractivity contribution in [1.82, 2.24) is 0 Å². The summed E-state index contributed by atoms with van der Waals surface area (Å²) >= 11 is 0. The Bertz CT molecular complexity index is 837. The largest absolute Gasteiger partial charge is 0.497 e. The van der Waals surface area contributed by atoms with Crippen LogP contribution in [0.2, 0.25) is 0 Å². The lowest BCUT2D eigenvalue weighted by Crippen LogP contribution is -2.28. The number of aryl methyl sites for hydroxylation is 3. The van der Waals surface area contributed by atoms with Gasteiger partial charge in [0, 0.05) is 30.4 Å². The van der Waals surface area contributed by atoms with Crippen LogP contribution in [0.15, 0.2) is 36.4 Å². The van der Waals surface area contributed by atoms with Gasteiger partial charge in [-0.05, 0) is 44.0 Å². The van der Waals surface area contributed by atoms with Gasteiger partial charge in [0.2, 0.25) is 11.8 Å². The molecule has 0 radical (unpaired) electrons. The van der Waals surface area contributed by atoms with Gasteiger partial charge in [0.05, 0.1) is 13.0 Å². The van der Waals surface area contributed by atoms with Crippen LogP contribution in [-0.2, 0) is 9.59 Å². The molecule has 0 aromatic heterocycles. The highest BCUT2D eigenvalue weighted by Gasteiger charge is 2.35. The maximum Gasteiger partial charge on any atom is 0.229 e. The number of benzene rings is 2. The zero-order valence-corrected chi connectivity index (χ0v) is 15.6. The molecule has 1 atom stereocenters. The first-order valence-electron chi connectivity index (χ1n) is 8.72. The molecule has 2 aromatic carbocycles. The van der Waals surface area contributed by atoms with E-state index in [1.54, 1.807) is 12.0 Å². The second-order valence-corrected chi connectivity index (χ2v) is 6.87. The van der Waals surface area contributed by atoms with Crippen LogP contribution in [0.4, 0.5) is 11.4 Å². The third-order valence-corrected chi connectivity index (χ3v) is 4.79. The van der Waals surface area contributed by atoms with Gasteiger partial charge in [-0.15, -0.1) is 0 Å². The van der Waals surface area contributed by atoms with Crippen LogP contribution in [0.3, 0.4) is 0 Å². The number of nitrogens with one attached hydrogen (secondary N) is 1. The Kier molecular flexibility index (Phi) is 4.98. The predicted octanol–water partition coefficient (Wildman–Crippen LogP) is 3.61. The second-order valence-electron chi connectivity index (χ2n) is 6.87. The quantitative estimate of drug-likeness (QED) is 0.914. The first-order valence-corrected chi connectivity index (χ1v) is 8.72. The van der Waals surface area contributed by atoms with Gasteiger partial charge in [0.1, 0.15) is 5.75 Å². The molecule has 0 aliphatic carbocycles. The molecule has 2 aromatic rings. The van der Waals surface area contributed by atoms with Crippen LogP contribution in [0.1, 0.15) is 23.1 Å². The summed E-state index contributed by atoms with van der Waals surface area (Å²) < 4.78 is 5.22. The molecular formula is C21H24N2O3. The molecule has 2 amide bonds. The molecule has 0 saturated carbocycles. The highest BCUT2D eigenvalue weighted by molar-refractivity contribution is 6.04. The highest BCUT2D eigenvalue weighted by Crippen LogP contribution is 2.29. The maximum atomic E-state index is 12.7. The Morgan fingerprint density at radius 1 is 1.15 bits per heavy atom. The SMILES string of the molecule is COc1cccc(N2CC(C(=O)Nc3c(C)cc(C)cc3C)CC2=O)c1. The number of amides is 2. The van der Waals surface area contributed by atoms with Crippen molar-refractivity contribution in [3.63, 3.8) is 0 Å². The summed E-state index contributed by atoms with van der Waals surface area (Å²) in [6.07, 6.45) is 0.215. The fourth-order valence-electron chi connectivity index (χ4n) is 3.51. The molecule has 1 saturated heterocycles. The Morgan fingerprint density at radius 2 is 1.85 bits per heavy atom. The number of anilines is 2. The van der Waals surface area contributed by atoms with Crippen molar-refractivity contribution in [3.05, 3.63) is 53.1 Å². The van der Waals surface area contributed by atoms with E-state index in [4.69, 9.17) is 4.74 Å². The van der Waals surface area contributed by atoms with Crippen LogP contribution >= 0.6 is 0 Å². The Labute approximate surface area is 154 Å². The average molecular weight is 352 g/mol. The Morgan fingerprint density at radius 3 is 2.50 bits per heavy atom. The van der Waals surface area contributed by atoms with E-state index in [0.29, 0.717) is 12.3 Å². The van der Waals surface area contributed by atoms with E-state index >= 15 is 0 Å². The first-order chi connectivity index (χ1) is 12.4. The van der Waals surface area contributed by atoms with E-state index in [1.165, 1.54) is 5.56 Å². The van der Waals surface area contributed by atoms with Gasteiger partial charge in [-0.1, -0.05) is 23.8 Å². The number of ether oxygens (including phenoxy) is 1. The number of hydrogen-bond donors (Lipinski definition) is 1. The number of methoxy groups -OCH3 is 1. The fourth-order valence-corrected chi connectivity index (χ4v) is 3.51. The summed E-state index contributed by atoms with van der Waals surface area (Å²) in [7, 11) is 1.59. The molecule has 5 nitrogen and oxygen atoms in total. The van der Waals surface area contributed by atoms with Gasteiger partial charge in [-0.25, -0.2) is 0 Å². The van der Waals surface area contributed by atoms with Gasteiger partial charge in [0.15, 0.2) is 0 Å². The Balaban J connectivity index is 1.75. The molecule has 1 heterocycles. The standard InChI is InChI=1S/C21H24N2O3/c1-13-8-14(2)20(15(3)9-13)22-21(25)16-10-19(24)23(12-16)17-6-5-7-18(11-17)26-4/h5-9,11,16H,10,12H2,1-4H3,(H,22,25). The number of carbonyl (C=O) groups is 2. The van der Waals surface area contributed by atoms with Crippen molar-refractivity contribution >= 4 is 23.2 Å². The molecular weight excluding hydrogens is 328 g/mol. The molecule has 1 fully saturated rings. The molecule has 3 rings (SSSR count). The monoisotopic (exact) mass is 352 g/mol. The van der Waals surface area contributed by atoms with Crippen molar-refractivity contribution in [2.45, 2.75) is 27.2 Å². The first kappa shape index (κ1) is 18.0. The molecule has 0 bridgehead atoms. The van der Waals surface area contributed by atoms with Gasteiger partial charge >= 0.3 is 0 Å². The maximum absolute atomic E-state index is 12.7. The summed E-state index contributed by atoms with van der Waals surface area (Å²) in [5.41, 5.74) is 4.83. The van der Waals surface area contributed by atoms with E-state index in [9.17, 15) is 9.59 Å². The molecule has 1 aliphatic heterocycles. The van der Waals surface area contributed by atoms with Gasteiger partial charge < -0.3 is 15.0 Å². The second kappa shape index (κ2) is 7.20. The summed E-state index contributed by atoms with van der Waals surface area (Å²) in [6, 6.07) is 11.4. The third kappa shape index (κ3) is 3.57. The van der Waals surface area contributed by atoms with Crippen molar-refractivity contribution in [2.75, 3.05) is 23.9 Å². The number of rotatable bonds is 4. The molecule has 0 spiro atoms. The third-order valence-electron chi connectivity index (χ3n) is 4.79. The Hall–Kier alpha value is -2.82. The van der Waals surface area contributed by atoms with E-state index in [1.807, 2.05) is 57.2 Å². The van der Waals surface area contributed by atoms with Crippen molar-refractivity contribution < 1.29 is 14.3 Å². The lowest BCUT2D eigenvalue weighted by Gasteiger charge is -2.18. The van der Waals surface area contributed by atoms with Crippen molar-refractivity contribution in [3.8, 4) is 5.75 Å². The molecule has 5 heteroatoms. The number of carbonyl (C=O) groups excluding carboxylic acids is 2. The summed E-state index contributed by atoms with van der Waals surface area (Å²) in [6.45, 7) is 6.38. The van der Waals surface area contributed by atoms with E-state index in [0.717, 1.165) is 22.5 Å². The lowest BCUT2D eigenvalue weighted by molar-refractivity contribution is -0.122. The number of hydrogen-bond acceptors (Lipinski definition) is 3. The molecule has 1 aliphatic rings. The van der Waals surface area contributed by atoms with Crippen molar-refractivity contribution in [1.29, 1.82) is 0 Å². The summed E-state index contributed by atoms with van der Waals surface area (Å²) in [5, 5.41) is 3.02. The normalized spacial score (nSPS) is 16.7. The lowest BCUT2D eigenvalue weighted by atomic mass is 10.0. The van der Waals surface area contributed by atoms with Crippen LogP contribution < -0.4 is 15.0 Å². The fraction of sp³-hybridized carbons (Fsp3) is 0.333. The predicted molar refractivity (Wildman–Crippen MR) is 103 cm³/mol. The molecule has 1 unspecified atom stereocenters. The van der Waals surface area contributed by atoms with Gasteiger partial charge in [0.25, 0.3) is 0 Å². The summed E-state index contributed by atoms with van der Waals surface area (Å²) in [5.74, 6) is 0.164. The average Bonchev–Trinajstić information content (AvgIpc) is 3.00.